The molecule has 1 heterocycles. The molecule has 0 fully saturated rings. The Balaban J connectivity index is 1.38. The third-order valence-electron chi connectivity index (χ3n) is 6.88. The third-order valence-corrected chi connectivity index (χ3v) is 7.47. The predicted molar refractivity (Wildman–Crippen MR) is 179 cm³/mol. The zero-order valence-corrected chi connectivity index (χ0v) is 28.4. The van der Waals surface area contributed by atoms with Gasteiger partial charge >= 0.3 is 12.0 Å². The maximum absolute atomic E-state index is 12.6. The number of nitrogens with zero attached hydrogens (tertiary/aromatic N) is 1. The fraction of sp³-hybridized carbons (Fsp3) is 0.294. The maximum Gasteiger partial charge on any atom is 0.338 e. The maximum atomic E-state index is 12.6. The fourth-order valence-corrected chi connectivity index (χ4v) is 5.24. The number of carbonyl (C=O) groups is 3. The Morgan fingerprint density at radius 2 is 1.72 bits per heavy atom. The molecule has 1 aliphatic heterocycles. The summed E-state index contributed by atoms with van der Waals surface area (Å²) in [5, 5.41) is 9.39. The molecule has 0 bridgehead atoms. The number of esters is 1. The molecule has 3 amide bonds. The highest BCUT2D eigenvalue weighted by molar-refractivity contribution is 9.10. The predicted octanol–water partition coefficient (Wildman–Crippen LogP) is 5.46. The van der Waals surface area contributed by atoms with Crippen LogP contribution in [-0.2, 0) is 20.9 Å². The Hall–Kier alpha value is -5.04. The number of rotatable bonds is 14. The van der Waals surface area contributed by atoms with Crippen LogP contribution in [0.15, 0.2) is 75.4 Å². The number of carbonyl (C=O) groups excluding carboxylic acids is 3. The summed E-state index contributed by atoms with van der Waals surface area (Å²) < 4.78 is 28.9. The van der Waals surface area contributed by atoms with E-state index in [1.807, 2.05) is 38.1 Å². The van der Waals surface area contributed by atoms with Crippen LogP contribution in [0.25, 0.3) is 0 Å². The van der Waals surface area contributed by atoms with Crippen molar-refractivity contribution in [1.82, 2.24) is 16.1 Å². The van der Waals surface area contributed by atoms with Crippen LogP contribution < -0.4 is 35.0 Å². The minimum absolute atomic E-state index is 0.181. The highest BCUT2D eigenvalue weighted by atomic mass is 79.9. The van der Waals surface area contributed by atoms with Crippen LogP contribution in [0.2, 0.25) is 0 Å². The monoisotopic (exact) mass is 708 g/mol. The Morgan fingerprint density at radius 1 is 0.957 bits per heavy atom. The summed E-state index contributed by atoms with van der Waals surface area (Å²) in [7, 11) is 1.44. The number of halogens is 1. The zero-order valence-electron chi connectivity index (χ0n) is 26.8. The molecule has 3 aromatic rings. The van der Waals surface area contributed by atoms with E-state index in [1.54, 1.807) is 44.2 Å². The van der Waals surface area contributed by atoms with Crippen molar-refractivity contribution in [2.75, 3.05) is 26.9 Å². The summed E-state index contributed by atoms with van der Waals surface area (Å²) in [6.07, 6.45) is 1.48. The second-order valence-electron chi connectivity index (χ2n) is 10.3. The van der Waals surface area contributed by atoms with Gasteiger partial charge in [-0.05, 0) is 84.6 Å². The molecular weight excluding hydrogens is 672 g/mol. The topological polar surface area (TPSA) is 146 Å². The summed E-state index contributed by atoms with van der Waals surface area (Å²) in [4.78, 5) is 37.4. The molecule has 4 rings (SSSR count). The highest BCUT2D eigenvalue weighted by Crippen LogP contribution is 2.37. The summed E-state index contributed by atoms with van der Waals surface area (Å²) in [6.45, 7) is 7.87. The van der Waals surface area contributed by atoms with E-state index < -0.39 is 23.9 Å². The van der Waals surface area contributed by atoms with Crippen molar-refractivity contribution in [3.8, 4) is 23.0 Å². The SMILES string of the molecule is CCOC(=O)C1=C(C)NC(=O)N[C@@H]1c1ccc(OCC(=O)N/N=C\c2cc(Br)c(OCc3ccc(C)cc3)c(OCC)c2)c(OC)c1. The van der Waals surface area contributed by atoms with Crippen LogP contribution >= 0.6 is 15.9 Å². The zero-order chi connectivity index (χ0) is 33.9. The van der Waals surface area contributed by atoms with Crippen LogP contribution in [0, 0.1) is 6.92 Å². The highest BCUT2D eigenvalue weighted by Gasteiger charge is 2.32. The summed E-state index contributed by atoms with van der Waals surface area (Å²) in [6, 6.07) is 15.3. The van der Waals surface area contributed by atoms with Crippen molar-refractivity contribution < 1.29 is 38.1 Å². The van der Waals surface area contributed by atoms with E-state index in [0.29, 0.717) is 51.8 Å². The number of allylic oxidation sites excluding steroid dienone is 1. The molecular formula is C34H37BrN4O8. The second kappa shape index (κ2) is 16.5. The van der Waals surface area contributed by atoms with Gasteiger partial charge in [0.1, 0.15) is 6.61 Å². The van der Waals surface area contributed by atoms with E-state index in [9.17, 15) is 14.4 Å². The number of aryl methyl sites for hydroxylation is 1. The second-order valence-corrected chi connectivity index (χ2v) is 11.2. The van der Waals surface area contributed by atoms with E-state index in [-0.39, 0.29) is 24.5 Å². The third kappa shape index (κ3) is 9.26. The lowest BCUT2D eigenvalue weighted by molar-refractivity contribution is -0.139. The minimum atomic E-state index is -0.777. The van der Waals surface area contributed by atoms with Gasteiger partial charge in [-0.3, -0.25) is 4.79 Å². The van der Waals surface area contributed by atoms with Gasteiger partial charge in [0.05, 0.1) is 42.6 Å². The first-order chi connectivity index (χ1) is 22.6. The number of amides is 3. The van der Waals surface area contributed by atoms with Crippen LogP contribution in [0.1, 0.15) is 49.1 Å². The summed E-state index contributed by atoms with van der Waals surface area (Å²) >= 11 is 3.56. The molecule has 0 aromatic heterocycles. The average Bonchev–Trinajstić information content (AvgIpc) is 3.04. The van der Waals surface area contributed by atoms with Gasteiger partial charge in [-0.15, -0.1) is 0 Å². The molecule has 0 saturated heterocycles. The first-order valence-electron chi connectivity index (χ1n) is 14.9. The largest absolute Gasteiger partial charge is 0.493 e. The van der Waals surface area contributed by atoms with Crippen LogP contribution in [0.5, 0.6) is 23.0 Å². The molecule has 248 valence electrons. The van der Waals surface area contributed by atoms with Gasteiger partial charge in [0.15, 0.2) is 29.6 Å². The van der Waals surface area contributed by atoms with E-state index in [4.69, 9.17) is 23.7 Å². The van der Waals surface area contributed by atoms with Gasteiger partial charge in [0.2, 0.25) is 0 Å². The van der Waals surface area contributed by atoms with Gasteiger partial charge in [-0.2, -0.15) is 5.10 Å². The Bertz CT molecular complexity index is 1670. The molecule has 0 radical (unpaired) electrons. The van der Waals surface area contributed by atoms with E-state index >= 15 is 0 Å². The molecule has 3 N–H and O–H groups in total. The van der Waals surface area contributed by atoms with Crippen molar-refractivity contribution >= 4 is 40.1 Å². The standard InChI is InChI=1S/C34H37BrN4O8/c1-6-44-28-15-23(14-25(35)32(28)47-18-22-10-8-20(3)9-11-22)17-36-39-29(40)19-46-26-13-12-24(16-27(26)43-5)31-30(33(41)45-7-2)21(4)37-34(42)38-31/h8-17,31H,6-7,18-19H2,1-5H3,(H,39,40)(H2,37,38,42)/b36-17-/t31-/m1/s1. The van der Waals surface area contributed by atoms with Gasteiger partial charge < -0.3 is 34.3 Å². The number of nitrogens with one attached hydrogen (secondary N) is 3. The molecule has 13 heteroatoms. The van der Waals surface area contributed by atoms with Gasteiger partial charge in [0.25, 0.3) is 5.91 Å². The normalized spacial score (nSPS) is 14.3. The number of hydrogen-bond donors (Lipinski definition) is 3. The quantitative estimate of drug-likeness (QED) is 0.114. The van der Waals surface area contributed by atoms with Crippen molar-refractivity contribution in [3.05, 3.63) is 92.6 Å². The molecule has 0 aliphatic carbocycles. The Morgan fingerprint density at radius 3 is 2.43 bits per heavy atom. The molecule has 1 atom stereocenters. The molecule has 47 heavy (non-hydrogen) atoms. The van der Waals surface area contributed by atoms with Gasteiger partial charge in [0, 0.05) is 5.70 Å². The van der Waals surface area contributed by atoms with Crippen LogP contribution in [0.3, 0.4) is 0 Å². The summed E-state index contributed by atoms with van der Waals surface area (Å²) in [5.74, 6) is 0.606. The first kappa shape index (κ1) is 34.8. The van der Waals surface area contributed by atoms with E-state index in [0.717, 1.165) is 5.56 Å². The molecule has 1 aliphatic rings. The van der Waals surface area contributed by atoms with Crippen molar-refractivity contribution in [3.63, 3.8) is 0 Å². The number of benzene rings is 3. The molecule has 0 unspecified atom stereocenters. The van der Waals surface area contributed by atoms with Gasteiger partial charge in [-0.1, -0.05) is 35.9 Å². The Labute approximate surface area is 281 Å². The van der Waals surface area contributed by atoms with E-state index in [1.165, 1.54) is 18.9 Å². The smallest absolute Gasteiger partial charge is 0.338 e. The minimum Gasteiger partial charge on any atom is -0.493 e. The number of hydrogen-bond acceptors (Lipinski definition) is 9. The fourth-order valence-electron chi connectivity index (χ4n) is 4.67. The summed E-state index contributed by atoms with van der Waals surface area (Å²) in [5.41, 5.74) is 6.52. The molecule has 0 spiro atoms. The first-order valence-corrected chi connectivity index (χ1v) is 15.6. The average molecular weight is 710 g/mol. The molecule has 3 aromatic carbocycles. The molecule has 12 nitrogen and oxygen atoms in total. The van der Waals surface area contributed by atoms with Crippen molar-refractivity contribution in [1.29, 1.82) is 0 Å². The number of methoxy groups -OCH3 is 1. The number of ether oxygens (including phenoxy) is 5. The van der Waals surface area contributed by atoms with Crippen LogP contribution in [0.4, 0.5) is 4.79 Å². The van der Waals surface area contributed by atoms with Crippen LogP contribution in [-0.4, -0.2) is 51.1 Å². The van der Waals surface area contributed by atoms with Gasteiger partial charge in [-0.25, -0.2) is 15.0 Å². The number of hydrazone groups is 1. The number of urea groups is 1. The lowest BCUT2D eigenvalue weighted by Gasteiger charge is -2.28. The lowest BCUT2D eigenvalue weighted by Crippen LogP contribution is -2.45. The van der Waals surface area contributed by atoms with E-state index in [2.05, 4.69) is 37.1 Å². The molecule has 0 saturated carbocycles. The Kier molecular flexibility index (Phi) is 12.2. The van der Waals surface area contributed by atoms with Crippen molar-refractivity contribution in [2.45, 2.75) is 40.3 Å². The van der Waals surface area contributed by atoms with Crippen molar-refractivity contribution in [2.24, 2.45) is 5.10 Å². The lowest BCUT2D eigenvalue weighted by atomic mass is 9.95.